The van der Waals surface area contributed by atoms with Crippen molar-refractivity contribution < 1.29 is 19.1 Å². The van der Waals surface area contributed by atoms with Crippen molar-refractivity contribution in [3.63, 3.8) is 0 Å². The molecule has 0 rings (SSSR count). The lowest BCUT2D eigenvalue weighted by molar-refractivity contribution is -0.158. The molecule has 15 heavy (non-hydrogen) atoms. The van der Waals surface area contributed by atoms with Gasteiger partial charge in [0.1, 0.15) is 0 Å². The normalized spacial score (nSPS) is 12.7. The van der Waals surface area contributed by atoms with Crippen LogP contribution in [0.2, 0.25) is 0 Å². The second-order valence-electron chi connectivity index (χ2n) is 4.13. The first-order valence-electron chi connectivity index (χ1n) is 5.23. The summed E-state index contributed by atoms with van der Waals surface area (Å²) >= 11 is 0. The van der Waals surface area contributed by atoms with E-state index in [1.807, 2.05) is 0 Å². The van der Waals surface area contributed by atoms with Crippen molar-refractivity contribution in [3.8, 4) is 0 Å². The van der Waals surface area contributed by atoms with Crippen molar-refractivity contribution >= 4 is 11.9 Å². The largest absolute Gasteiger partial charge is 0.463 e. The molecule has 4 nitrogen and oxygen atoms in total. The van der Waals surface area contributed by atoms with Gasteiger partial charge < -0.3 is 9.47 Å². The smallest absolute Gasteiger partial charge is 0.309 e. The van der Waals surface area contributed by atoms with E-state index in [1.165, 1.54) is 0 Å². The second kappa shape index (κ2) is 6.43. The van der Waals surface area contributed by atoms with Gasteiger partial charge >= 0.3 is 11.9 Å². The average molecular weight is 216 g/mol. The molecule has 0 N–H and O–H groups in total. The van der Waals surface area contributed by atoms with Crippen LogP contribution in [0.4, 0.5) is 0 Å². The molecule has 0 aromatic carbocycles. The van der Waals surface area contributed by atoms with Crippen molar-refractivity contribution in [1.29, 1.82) is 0 Å². The quantitative estimate of drug-likeness (QED) is 0.659. The monoisotopic (exact) mass is 216 g/mol. The summed E-state index contributed by atoms with van der Waals surface area (Å²) in [4.78, 5) is 22.6. The summed E-state index contributed by atoms with van der Waals surface area (Å²) in [5, 5.41) is 0. The molecule has 1 unspecified atom stereocenters. The lowest BCUT2D eigenvalue weighted by Gasteiger charge is -2.14. The molecule has 0 amide bonds. The molecule has 0 aliphatic heterocycles. The lowest BCUT2D eigenvalue weighted by atomic mass is 10.1. The van der Waals surface area contributed by atoms with Crippen LogP contribution in [0.1, 0.15) is 41.0 Å². The van der Waals surface area contributed by atoms with Gasteiger partial charge in [-0.3, -0.25) is 9.59 Å². The highest BCUT2D eigenvalue weighted by Gasteiger charge is 2.20. The molecule has 0 aromatic rings. The van der Waals surface area contributed by atoms with Gasteiger partial charge in [-0.2, -0.15) is 0 Å². The molecule has 0 spiro atoms. The number of hydrogen-bond acceptors (Lipinski definition) is 4. The van der Waals surface area contributed by atoms with Crippen LogP contribution in [0.25, 0.3) is 0 Å². The Balaban J connectivity index is 3.96. The maximum absolute atomic E-state index is 11.3. The Kier molecular flexibility index (Phi) is 5.97. The van der Waals surface area contributed by atoms with Gasteiger partial charge in [-0.15, -0.1) is 0 Å². The molecule has 0 aliphatic rings. The van der Waals surface area contributed by atoms with Gasteiger partial charge in [0, 0.05) is 0 Å². The lowest BCUT2D eigenvalue weighted by Crippen LogP contribution is -2.23. The van der Waals surface area contributed by atoms with Crippen molar-refractivity contribution in [2.24, 2.45) is 5.92 Å². The maximum atomic E-state index is 11.3. The van der Waals surface area contributed by atoms with E-state index in [0.29, 0.717) is 0 Å². The van der Waals surface area contributed by atoms with Crippen LogP contribution in [-0.4, -0.2) is 24.1 Å². The van der Waals surface area contributed by atoms with Crippen LogP contribution < -0.4 is 0 Å². The number of rotatable bonds is 5. The minimum absolute atomic E-state index is 0.0731. The Morgan fingerprint density at radius 3 is 1.80 bits per heavy atom. The fourth-order valence-electron chi connectivity index (χ4n) is 0.993. The Hall–Kier alpha value is -1.06. The molecule has 0 aliphatic carbocycles. The summed E-state index contributed by atoms with van der Waals surface area (Å²) in [6.07, 6.45) is -0.226. The first kappa shape index (κ1) is 13.9. The zero-order valence-corrected chi connectivity index (χ0v) is 10.1. The first-order chi connectivity index (χ1) is 6.82. The number of esters is 2. The van der Waals surface area contributed by atoms with Crippen molar-refractivity contribution in [1.82, 2.24) is 0 Å². The molecular weight excluding hydrogens is 196 g/mol. The van der Waals surface area contributed by atoms with Crippen molar-refractivity contribution in [3.05, 3.63) is 0 Å². The molecule has 1 atom stereocenters. The van der Waals surface area contributed by atoms with Crippen LogP contribution >= 0.6 is 0 Å². The Labute approximate surface area is 90.9 Å². The third kappa shape index (κ3) is 6.94. The molecular formula is C11H20O4. The zero-order chi connectivity index (χ0) is 12.0. The summed E-state index contributed by atoms with van der Waals surface area (Å²) in [7, 11) is 0. The van der Waals surface area contributed by atoms with E-state index in [0.717, 1.165) is 0 Å². The van der Waals surface area contributed by atoms with E-state index in [-0.39, 0.29) is 30.6 Å². The van der Waals surface area contributed by atoms with E-state index < -0.39 is 5.92 Å². The van der Waals surface area contributed by atoms with E-state index in [1.54, 1.807) is 34.6 Å². The van der Waals surface area contributed by atoms with E-state index in [9.17, 15) is 9.59 Å². The van der Waals surface area contributed by atoms with Gasteiger partial charge in [-0.05, 0) is 27.7 Å². The molecule has 4 heteroatoms. The van der Waals surface area contributed by atoms with Gasteiger partial charge in [-0.25, -0.2) is 0 Å². The van der Waals surface area contributed by atoms with E-state index in [2.05, 4.69) is 0 Å². The number of hydrogen-bond donors (Lipinski definition) is 0. The minimum atomic E-state index is -0.446. The zero-order valence-electron chi connectivity index (χ0n) is 10.1. The molecule has 0 aromatic heterocycles. The number of carbonyl (C=O) groups is 2. The summed E-state index contributed by atoms with van der Waals surface area (Å²) in [6, 6.07) is 0. The summed E-state index contributed by atoms with van der Waals surface area (Å²) < 4.78 is 9.90. The topological polar surface area (TPSA) is 52.6 Å². The highest BCUT2D eigenvalue weighted by atomic mass is 16.5. The molecule has 0 heterocycles. The molecule has 0 bridgehead atoms. The van der Waals surface area contributed by atoms with Crippen molar-refractivity contribution in [2.45, 2.75) is 53.2 Å². The highest BCUT2D eigenvalue weighted by molar-refractivity contribution is 5.79. The molecule has 0 saturated heterocycles. The molecule has 0 saturated carbocycles. The van der Waals surface area contributed by atoms with Gasteiger partial charge in [0.2, 0.25) is 0 Å². The predicted octanol–water partition coefficient (Wildman–Crippen LogP) is 1.92. The van der Waals surface area contributed by atoms with E-state index in [4.69, 9.17) is 9.47 Å². The van der Waals surface area contributed by atoms with Gasteiger partial charge in [0.05, 0.1) is 24.5 Å². The molecule has 0 radical (unpaired) electrons. The fraction of sp³-hybridized carbons (Fsp3) is 0.818. The van der Waals surface area contributed by atoms with Crippen LogP contribution in [-0.2, 0) is 19.1 Å². The standard InChI is InChI=1S/C11H20O4/c1-7(2)14-10(12)6-9(5)11(13)15-8(3)4/h7-9H,6H2,1-5H3. The SMILES string of the molecule is CC(C)OC(=O)CC(C)C(=O)OC(C)C. The third-order valence-electron chi connectivity index (χ3n) is 1.59. The predicted molar refractivity (Wildman–Crippen MR) is 56.2 cm³/mol. The number of ether oxygens (including phenoxy) is 2. The van der Waals surface area contributed by atoms with Crippen molar-refractivity contribution in [2.75, 3.05) is 0 Å². The Morgan fingerprint density at radius 2 is 1.40 bits per heavy atom. The summed E-state index contributed by atoms with van der Waals surface area (Å²) in [5.41, 5.74) is 0. The third-order valence-corrected chi connectivity index (χ3v) is 1.59. The average Bonchev–Trinajstić information content (AvgIpc) is 2.00. The van der Waals surface area contributed by atoms with Crippen LogP contribution in [0, 0.1) is 5.92 Å². The summed E-state index contributed by atoms with van der Waals surface area (Å²) in [5.74, 6) is -1.16. The fourth-order valence-corrected chi connectivity index (χ4v) is 0.993. The first-order valence-corrected chi connectivity index (χ1v) is 5.23. The Bertz CT molecular complexity index is 221. The van der Waals surface area contributed by atoms with Gasteiger partial charge in [-0.1, -0.05) is 6.92 Å². The van der Waals surface area contributed by atoms with Gasteiger partial charge in [0.15, 0.2) is 0 Å². The summed E-state index contributed by atoms with van der Waals surface area (Å²) in [6.45, 7) is 8.75. The molecule has 88 valence electrons. The van der Waals surface area contributed by atoms with E-state index >= 15 is 0 Å². The van der Waals surface area contributed by atoms with Gasteiger partial charge in [0.25, 0.3) is 0 Å². The Morgan fingerprint density at radius 1 is 0.933 bits per heavy atom. The number of carbonyl (C=O) groups excluding carboxylic acids is 2. The second-order valence-corrected chi connectivity index (χ2v) is 4.13. The highest BCUT2D eigenvalue weighted by Crippen LogP contribution is 2.08. The maximum Gasteiger partial charge on any atom is 0.309 e. The van der Waals surface area contributed by atoms with Crippen LogP contribution in [0.3, 0.4) is 0 Å². The van der Waals surface area contributed by atoms with Crippen LogP contribution in [0.15, 0.2) is 0 Å². The minimum Gasteiger partial charge on any atom is -0.463 e. The van der Waals surface area contributed by atoms with Crippen LogP contribution in [0.5, 0.6) is 0 Å². The molecule has 0 fully saturated rings.